The number of anilines is 1. The minimum absolute atomic E-state index is 0.0872. The summed E-state index contributed by atoms with van der Waals surface area (Å²) >= 11 is 0. The van der Waals surface area contributed by atoms with E-state index < -0.39 is 0 Å². The lowest BCUT2D eigenvalue weighted by Gasteiger charge is -2.22. The quantitative estimate of drug-likeness (QED) is 0.881. The van der Waals surface area contributed by atoms with Crippen LogP contribution in [-0.4, -0.2) is 30.6 Å². The molecule has 0 bridgehead atoms. The number of hydrogen-bond acceptors (Lipinski definition) is 2. The third kappa shape index (κ3) is 3.50. The second kappa shape index (κ2) is 5.53. The van der Waals surface area contributed by atoms with Crippen LogP contribution in [0.3, 0.4) is 0 Å². The molecule has 0 unspecified atom stereocenters. The molecule has 1 aromatic carbocycles. The van der Waals surface area contributed by atoms with Crippen molar-refractivity contribution >= 4 is 17.6 Å². The molecule has 1 aliphatic rings. The van der Waals surface area contributed by atoms with Gasteiger partial charge in [0.25, 0.3) is 0 Å². The summed E-state index contributed by atoms with van der Waals surface area (Å²) in [7, 11) is 0. The number of carbonyl (C=O) groups is 2. The van der Waals surface area contributed by atoms with Crippen molar-refractivity contribution in [3.05, 3.63) is 29.8 Å². The van der Waals surface area contributed by atoms with Crippen molar-refractivity contribution in [3.63, 3.8) is 0 Å². The van der Waals surface area contributed by atoms with Crippen molar-refractivity contribution < 1.29 is 9.59 Å². The normalized spacial score (nSPS) is 14.2. The van der Waals surface area contributed by atoms with Crippen LogP contribution in [0.25, 0.3) is 0 Å². The molecule has 1 aromatic rings. The number of para-hydroxylation sites is 1. The predicted molar refractivity (Wildman–Crippen MR) is 78.8 cm³/mol. The summed E-state index contributed by atoms with van der Waals surface area (Å²) in [6, 6.07) is 7.55. The molecule has 0 saturated heterocycles. The molecule has 1 aliphatic heterocycles. The number of carbonyl (C=O) groups excluding carboxylic acids is 2. The minimum Gasteiger partial charge on any atom is -0.336 e. The van der Waals surface area contributed by atoms with Crippen molar-refractivity contribution in [1.29, 1.82) is 0 Å². The van der Waals surface area contributed by atoms with E-state index >= 15 is 0 Å². The Morgan fingerprint density at radius 1 is 1.30 bits per heavy atom. The number of urea groups is 1. The lowest BCUT2D eigenvalue weighted by Crippen LogP contribution is -2.48. The highest BCUT2D eigenvalue weighted by Crippen LogP contribution is 2.27. The molecule has 2 rings (SSSR count). The summed E-state index contributed by atoms with van der Waals surface area (Å²) in [5.41, 5.74) is 1.74. The molecular formula is C15H21N3O2. The molecule has 3 amide bonds. The Bertz CT molecular complexity index is 520. The third-order valence-corrected chi connectivity index (χ3v) is 3.03. The zero-order valence-corrected chi connectivity index (χ0v) is 12.2. The zero-order chi connectivity index (χ0) is 14.8. The van der Waals surface area contributed by atoms with Gasteiger partial charge in [0.15, 0.2) is 0 Å². The highest BCUT2D eigenvalue weighted by molar-refractivity contribution is 6.01. The van der Waals surface area contributed by atoms with Gasteiger partial charge in [0.2, 0.25) is 5.91 Å². The fourth-order valence-electron chi connectivity index (χ4n) is 2.23. The van der Waals surface area contributed by atoms with E-state index in [1.165, 1.54) is 0 Å². The number of nitrogens with zero attached hydrogens (tertiary/aromatic N) is 1. The lowest BCUT2D eigenvalue weighted by atomic mass is 10.1. The molecule has 2 N–H and O–H groups in total. The molecule has 108 valence electrons. The van der Waals surface area contributed by atoms with Gasteiger partial charge in [-0.1, -0.05) is 18.2 Å². The highest BCUT2D eigenvalue weighted by atomic mass is 16.2. The Labute approximate surface area is 119 Å². The highest BCUT2D eigenvalue weighted by Gasteiger charge is 2.26. The van der Waals surface area contributed by atoms with E-state index in [0.717, 1.165) is 11.3 Å². The summed E-state index contributed by atoms with van der Waals surface area (Å²) < 4.78 is 0. The first-order valence-corrected chi connectivity index (χ1v) is 6.81. The van der Waals surface area contributed by atoms with Crippen molar-refractivity contribution in [2.75, 3.05) is 18.0 Å². The van der Waals surface area contributed by atoms with Crippen molar-refractivity contribution in [1.82, 2.24) is 10.6 Å². The van der Waals surface area contributed by atoms with Crippen molar-refractivity contribution in [2.24, 2.45) is 0 Å². The molecule has 0 spiro atoms. The fourth-order valence-corrected chi connectivity index (χ4v) is 2.23. The Hall–Kier alpha value is -2.04. The molecule has 0 saturated carbocycles. The standard InChI is InChI=1S/C15H21N3O2/c1-15(2,3)17-14(20)16-8-9-18-12-7-5-4-6-11(12)10-13(18)19/h4-7H,8-10H2,1-3H3,(H2,16,17,20). The van der Waals surface area contributed by atoms with E-state index in [4.69, 9.17) is 0 Å². The van der Waals surface area contributed by atoms with Crippen molar-refractivity contribution in [2.45, 2.75) is 32.7 Å². The minimum atomic E-state index is -0.264. The van der Waals surface area contributed by atoms with Gasteiger partial charge < -0.3 is 15.5 Å². The maximum Gasteiger partial charge on any atom is 0.315 e. The fraction of sp³-hybridized carbons (Fsp3) is 0.467. The number of fused-ring (bicyclic) bond motifs is 1. The molecule has 0 atom stereocenters. The smallest absolute Gasteiger partial charge is 0.315 e. The second-order valence-electron chi connectivity index (χ2n) is 5.98. The first kappa shape index (κ1) is 14.4. The zero-order valence-electron chi connectivity index (χ0n) is 12.2. The van der Waals surface area contributed by atoms with Crippen LogP contribution in [0.5, 0.6) is 0 Å². The number of rotatable bonds is 3. The van der Waals surface area contributed by atoms with E-state index in [-0.39, 0.29) is 17.5 Å². The number of benzene rings is 1. The molecular weight excluding hydrogens is 254 g/mol. The van der Waals surface area contributed by atoms with Gasteiger partial charge in [-0.05, 0) is 32.4 Å². The van der Waals surface area contributed by atoms with Crippen LogP contribution in [0.15, 0.2) is 24.3 Å². The van der Waals surface area contributed by atoms with Gasteiger partial charge in [0.1, 0.15) is 0 Å². The van der Waals surface area contributed by atoms with Crippen LogP contribution in [0.4, 0.5) is 10.5 Å². The maximum absolute atomic E-state index is 11.9. The third-order valence-electron chi connectivity index (χ3n) is 3.03. The molecule has 0 radical (unpaired) electrons. The van der Waals surface area contributed by atoms with Gasteiger partial charge in [-0.3, -0.25) is 4.79 Å². The topological polar surface area (TPSA) is 61.4 Å². The molecule has 0 fully saturated rings. The van der Waals surface area contributed by atoms with Crippen molar-refractivity contribution in [3.8, 4) is 0 Å². The second-order valence-corrected chi connectivity index (χ2v) is 5.98. The Morgan fingerprint density at radius 3 is 2.70 bits per heavy atom. The van der Waals surface area contributed by atoms with Gasteiger partial charge in [-0.2, -0.15) is 0 Å². The molecule has 5 heteroatoms. The average Bonchev–Trinajstić information content (AvgIpc) is 2.64. The maximum atomic E-state index is 11.9. The summed E-state index contributed by atoms with van der Waals surface area (Å²) in [6.07, 6.45) is 0.449. The molecule has 1 heterocycles. The van der Waals surface area contributed by atoms with E-state index in [9.17, 15) is 9.59 Å². The SMILES string of the molecule is CC(C)(C)NC(=O)NCCN1C(=O)Cc2ccccc21. The number of amides is 3. The molecule has 0 aliphatic carbocycles. The van der Waals surface area contributed by atoms with Gasteiger partial charge >= 0.3 is 6.03 Å². The van der Waals surface area contributed by atoms with Crippen LogP contribution in [0.2, 0.25) is 0 Å². The molecule has 5 nitrogen and oxygen atoms in total. The predicted octanol–water partition coefficient (Wildman–Crippen LogP) is 1.67. The molecule has 0 aromatic heterocycles. The van der Waals surface area contributed by atoms with Crippen LogP contribution in [-0.2, 0) is 11.2 Å². The summed E-state index contributed by atoms with van der Waals surface area (Å²) in [4.78, 5) is 25.3. The Morgan fingerprint density at radius 2 is 2.00 bits per heavy atom. The first-order chi connectivity index (χ1) is 9.37. The van der Waals surface area contributed by atoms with Gasteiger partial charge in [0, 0.05) is 24.3 Å². The average molecular weight is 275 g/mol. The molecule has 20 heavy (non-hydrogen) atoms. The number of nitrogens with one attached hydrogen (secondary N) is 2. The Balaban J connectivity index is 1.86. The van der Waals surface area contributed by atoms with E-state index in [1.54, 1.807) is 4.90 Å². The van der Waals surface area contributed by atoms with Crippen LogP contribution in [0, 0.1) is 0 Å². The lowest BCUT2D eigenvalue weighted by molar-refractivity contribution is -0.117. The monoisotopic (exact) mass is 275 g/mol. The van der Waals surface area contributed by atoms with Gasteiger partial charge in [0.05, 0.1) is 6.42 Å². The van der Waals surface area contributed by atoms with E-state index in [1.807, 2.05) is 45.0 Å². The van der Waals surface area contributed by atoms with Crippen LogP contribution >= 0.6 is 0 Å². The van der Waals surface area contributed by atoms with Crippen LogP contribution in [0.1, 0.15) is 26.3 Å². The summed E-state index contributed by atoms with van der Waals surface area (Å²) in [5, 5.41) is 5.59. The first-order valence-electron chi connectivity index (χ1n) is 6.81. The van der Waals surface area contributed by atoms with E-state index in [2.05, 4.69) is 10.6 Å². The van der Waals surface area contributed by atoms with Crippen LogP contribution < -0.4 is 15.5 Å². The van der Waals surface area contributed by atoms with E-state index in [0.29, 0.717) is 19.5 Å². The van der Waals surface area contributed by atoms with Gasteiger partial charge in [-0.25, -0.2) is 4.79 Å². The summed E-state index contributed by atoms with van der Waals surface area (Å²) in [5.74, 6) is 0.0872. The number of hydrogen-bond donors (Lipinski definition) is 2. The largest absolute Gasteiger partial charge is 0.336 e. The van der Waals surface area contributed by atoms with Gasteiger partial charge in [-0.15, -0.1) is 0 Å². The Kier molecular flexibility index (Phi) is 3.97. The summed E-state index contributed by atoms with van der Waals surface area (Å²) in [6.45, 7) is 6.70.